The number of nitrogens with zero attached hydrogens (tertiary/aromatic N) is 5. The van der Waals surface area contributed by atoms with Crippen LogP contribution in [0.4, 0.5) is 22.7 Å². The maximum absolute atomic E-state index is 13.0. The van der Waals surface area contributed by atoms with Crippen LogP contribution in [0.15, 0.2) is 36.4 Å². The Hall–Kier alpha value is -3.89. The Morgan fingerprint density at radius 3 is 2.17 bits per heavy atom. The van der Waals surface area contributed by atoms with E-state index < -0.39 is 4.92 Å². The predicted molar refractivity (Wildman–Crippen MR) is 132 cm³/mol. The maximum atomic E-state index is 13.0. The highest BCUT2D eigenvalue weighted by atomic mass is 16.6. The minimum Gasteiger partial charge on any atom is -0.487 e. The molecule has 0 unspecified atom stereocenters. The third-order valence-corrected chi connectivity index (χ3v) is 6.49. The van der Waals surface area contributed by atoms with Gasteiger partial charge in [-0.1, -0.05) is 0 Å². The molecule has 4 rings (SSSR count). The molecule has 0 aromatic heterocycles. The summed E-state index contributed by atoms with van der Waals surface area (Å²) in [4.78, 5) is 41.0. The van der Waals surface area contributed by atoms with Crippen LogP contribution in [0, 0.1) is 20.2 Å². The molecule has 0 saturated carbocycles. The summed E-state index contributed by atoms with van der Waals surface area (Å²) in [7, 11) is 0. The summed E-state index contributed by atoms with van der Waals surface area (Å²) in [6, 6.07) is 9.49. The predicted octanol–water partition coefficient (Wildman–Crippen LogP) is 3.85. The van der Waals surface area contributed by atoms with Crippen LogP contribution in [0.3, 0.4) is 0 Å². The molecule has 2 heterocycles. The van der Waals surface area contributed by atoms with Crippen molar-refractivity contribution in [2.24, 2.45) is 0 Å². The van der Waals surface area contributed by atoms with E-state index in [-0.39, 0.29) is 40.1 Å². The molecule has 11 nitrogen and oxygen atoms in total. The number of ether oxygens (including phenoxy) is 1. The first-order valence-corrected chi connectivity index (χ1v) is 11.9. The van der Waals surface area contributed by atoms with Crippen molar-refractivity contribution in [3.63, 3.8) is 0 Å². The van der Waals surface area contributed by atoms with E-state index in [1.165, 1.54) is 12.1 Å². The highest BCUT2D eigenvalue weighted by Gasteiger charge is 2.27. The second kappa shape index (κ2) is 10.6. The molecule has 186 valence electrons. The Morgan fingerprint density at radius 1 is 0.857 bits per heavy atom. The fourth-order valence-electron chi connectivity index (χ4n) is 4.67. The van der Waals surface area contributed by atoms with Gasteiger partial charge in [-0.15, -0.1) is 0 Å². The second-order valence-electron chi connectivity index (χ2n) is 8.63. The monoisotopic (exact) mass is 483 g/mol. The fourth-order valence-corrected chi connectivity index (χ4v) is 4.67. The largest absolute Gasteiger partial charge is 0.487 e. The first-order chi connectivity index (χ1) is 16.9. The number of nitro benzene ring substituents is 2. The Morgan fingerprint density at radius 2 is 1.54 bits per heavy atom. The third kappa shape index (κ3) is 5.28. The van der Waals surface area contributed by atoms with Crippen LogP contribution in [0.25, 0.3) is 0 Å². The number of amides is 1. The highest BCUT2D eigenvalue weighted by Crippen LogP contribution is 2.35. The van der Waals surface area contributed by atoms with E-state index in [2.05, 4.69) is 9.80 Å². The molecule has 0 atom stereocenters. The summed E-state index contributed by atoms with van der Waals surface area (Å²) in [5.74, 6) is -0.130. The van der Waals surface area contributed by atoms with E-state index in [9.17, 15) is 25.0 Å². The van der Waals surface area contributed by atoms with Gasteiger partial charge >= 0.3 is 5.69 Å². The number of benzene rings is 2. The zero-order valence-electron chi connectivity index (χ0n) is 19.7. The lowest BCUT2D eigenvalue weighted by atomic mass is 10.1. The number of carbonyl (C=O) groups excluding carboxylic acids is 1. The molecule has 0 spiro atoms. The summed E-state index contributed by atoms with van der Waals surface area (Å²) in [6.07, 6.45) is 3.18. The van der Waals surface area contributed by atoms with Crippen molar-refractivity contribution in [3.8, 4) is 5.75 Å². The molecule has 2 aromatic carbocycles. The van der Waals surface area contributed by atoms with E-state index in [1.807, 2.05) is 6.07 Å². The van der Waals surface area contributed by atoms with Crippen LogP contribution < -0.4 is 14.5 Å². The fraction of sp³-hybridized carbons (Fsp3) is 0.458. The normalized spacial score (nSPS) is 16.2. The summed E-state index contributed by atoms with van der Waals surface area (Å²) in [6.45, 7) is 5.64. The van der Waals surface area contributed by atoms with Crippen LogP contribution >= 0.6 is 0 Å². The molecule has 0 N–H and O–H groups in total. The molecule has 2 aliphatic rings. The number of anilines is 2. The summed E-state index contributed by atoms with van der Waals surface area (Å²) in [5, 5.41) is 23.0. The topological polar surface area (TPSA) is 122 Å². The molecule has 0 aliphatic carbocycles. The Balaban J connectivity index is 1.47. The zero-order valence-corrected chi connectivity index (χ0v) is 19.7. The Bertz CT molecular complexity index is 1110. The van der Waals surface area contributed by atoms with Crippen LogP contribution in [0.2, 0.25) is 0 Å². The van der Waals surface area contributed by atoms with Crippen molar-refractivity contribution < 1.29 is 19.4 Å². The van der Waals surface area contributed by atoms with Crippen molar-refractivity contribution in [3.05, 3.63) is 62.2 Å². The molecule has 2 aromatic rings. The van der Waals surface area contributed by atoms with Crippen molar-refractivity contribution in [1.29, 1.82) is 0 Å². The molecule has 1 amide bonds. The number of piperidine rings is 1. The summed E-state index contributed by atoms with van der Waals surface area (Å²) in [5.41, 5.74) is 1.66. The lowest BCUT2D eigenvalue weighted by Gasteiger charge is -2.37. The van der Waals surface area contributed by atoms with Gasteiger partial charge in [-0.05, 0) is 50.5 Å². The van der Waals surface area contributed by atoms with Gasteiger partial charge in [0, 0.05) is 62.7 Å². The van der Waals surface area contributed by atoms with Crippen LogP contribution in [-0.2, 0) is 0 Å². The van der Waals surface area contributed by atoms with Gasteiger partial charge in [0.1, 0.15) is 5.69 Å². The number of nitro groups is 2. The Labute approximate surface area is 203 Å². The molecule has 2 saturated heterocycles. The molecular formula is C24H29N5O6. The zero-order chi connectivity index (χ0) is 24.9. The van der Waals surface area contributed by atoms with E-state index in [0.717, 1.165) is 38.0 Å². The number of carbonyl (C=O) groups is 1. The lowest BCUT2D eigenvalue weighted by molar-refractivity contribution is -0.385. The van der Waals surface area contributed by atoms with E-state index in [4.69, 9.17) is 4.74 Å². The van der Waals surface area contributed by atoms with Gasteiger partial charge in [0.25, 0.3) is 11.6 Å². The molecule has 11 heteroatoms. The lowest BCUT2D eigenvalue weighted by Crippen LogP contribution is -2.48. The van der Waals surface area contributed by atoms with Crippen LogP contribution in [-0.4, -0.2) is 66.5 Å². The van der Waals surface area contributed by atoms with E-state index in [0.29, 0.717) is 31.9 Å². The quantitative estimate of drug-likeness (QED) is 0.430. The number of rotatable bonds is 7. The number of hydrogen-bond acceptors (Lipinski definition) is 8. The molecule has 2 aliphatic heterocycles. The first-order valence-electron chi connectivity index (χ1n) is 11.9. The SMILES string of the molecule is CCOc1ccc(C(=O)N2CCN(c3ccc([N+](=O)[O-])c(N4CCCCC4)c3)CC2)cc1[N+](=O)[O-]. The number of hydrogen-bond donors (Lipinski definition) is 0. The molecule has 0 bridgehead atoms. The van der Waals surface area contributed by atoms with E-state index >= 15 is 0 Å². The first kappa shape index (κ1) is 24.2. The average molecular weight is 484 g/mol. The maximum Gasteiger partial charge on any atom is 0.311 e. The summed E-state index contributed by atoms with van der Waals surface area (Å²) >= 11 is 0. The van der Waals surface area contributed by atoms with Crippen molar-refractivity contribution in [2.75, 3.05) is 55.7 Å². The number of piperazine rings is 1. The second-order valence-corrected chi connectivity index (χ2v) is 8.63. The molecule has 2 fully saturated rings. The summed E-state index contributed by atoms with van der Waals surface area (Å²) < 4.78 is 5.30. The molecule has 0 radical (unpaired) electrons. The highest BCUT2D eigenvalue weighted by molar-refractivity contribution is 5.95. The average Bonchev–Trinajstić information content (AvgIpc) is 2.88. The van der Waals surface area contributed by atoms with Gasteiger partial charge < -0.3 is 19.4 Å². The van der Waals surface area contributed by atoms with Crippen molar-refractivity contribution >= 4 is 28.7 Å². The third-order valence-electron chi connectivity index (χ3n) is 6.49. The van der Waals surface area contributed by atoms with Gasteiger partial charge in [0.2, 0.25) is 0 Å². The van der Waals surface area contributed by atoms with Gasteiger partial charge in [0.15, 0.2) is 5.75 Å². The molecular weight excluding hydrogens is 454 g/mol. The molecule has 35 heavy (non-hydrogen) atoms. The van der Waals surface area contributed by atoms with Crippen molar-refractivity contribution in [2.45, 2.75) is 26.2 Å². The van der Waals surface area contributed by atoms with Crippen LogP contribution in [0.1, 0.15) is 36.5 Å². The van der Waals surface area contributed by atoms with Crippen LogP contribution in [0.5, 0.6) is 5.75 Å². The minimum absolute atomic E-state index is 0.113. The van der Waals surface area contributed by atoms with Gasteiger partial charge in [0.05, 0.1) is 16.5 Å². The van der Waals surface area contributed by atoms with Crippen molar-refractivity contribution in [1.82, 2.24) is 4.90 Å². The van der Waals surface area contributed by atoms with Gasteiger partial charge in [-0.2, -0.15) is 0 Å². The smallest absolute Gasteiger partial charge is 0.311 e. The van der Waals surface area contributed by atoms with Gasteiger partial charge in [-0.25, -0.2) is 0 Å². The standard InChI is InChI=1S/C24H29N5O6/c1-2-35-23-9-6-18(16-22(23)29(33)34)24(30)27-14-12-25(13-15-27)19-7-8-20(28(31)32)21(17-19)26-10-4-3-5-11-26/h6-9,16-17H,2-5,10-15H2,1H3. The van der Waals surface area contributed by atoms with E-state index in [1.54, 1.807) is 30.0 Å². The Kier molecular flexibility index (Phi) is 7.33. The van der Waals surface area contributed by atoms with Gasteiger partial charge in [-0.3, -0.25) is 25.0 Å². The minimum atomic E-state index is -0.547.